The van der Waals surface area contributed by atoms with Crippen molar-refractivity contribution in [3.63, 3.8) is 0 Å². The lowest BCUT2D eigenvalue weighted by Gasteiger charge is -2.28. The summed E-state index contributed by atoms with van der Waals surface area (Å²) < 4.78 is 0. The molecule has 0 aromatic carbocycles. The molecule has 4 N–H and O–H groups in total. The lowest BCUT2D eigenvalue weighted by Crippen LogP contribution is -2.48. The van der Waals surface area contributed by atoms with Crippen LogP contribution >= 0.6 is 0 Å². The van der Waals surface area contributed by atoms with E-state index < -0.39 is 18.1 Å². The second kappa shape index (κ2) is 5.88. The quantitative estimate of drug-likeness (QED) is 0.610. The Morgan fingerprint density at radius 3 is 2.53 bits per heavy atom. The molecule has 2 aliphatic rings. The van der Waals surface area contributed by atoms with Gasteiger partial charge in [-0.1, -0.05) is 19.3 Å². The van der Waals surface area contributed by atoms with Gasteiger partial charge in [0.1, 0.15) is 6.04 Å². The van der Waals surface area contributed by atoms with Crippen LogP contribution in [0.1, 0.15) is 38.5 Å². The maximum atomic E-state index is 12.5. The maximum absolute atomic E-state index is 12.5. The smallest absolute Gasteiger partial charge is 0.326 e. The number of aliphatic hydroxyl groups excluding tert-OH is 1. The van der Waals surface area contributed by atoms with Crippen molar-refractivity contribution in [3.8, 4) is 0 Å². The zero-order valence-corrected chi connectivity index (χ0v) is 11.0. The van der Waals surface area contributed by atoms with Crippen LogP contribution in [-0.2, 0) is 9.59 Å². The number of β-amino-alcohol motifs (C(OH)–C–C–N with tert-alkyl or cyclic N) is 1. The summed E-state index contributed by atoms with van der Waals surface area (Å²) >= 11 is 0. The molecule has 0 aromatic heterocycles. The third kappa shape index (κ3) is 3.06. The van der Waals surface area contributed by atoms with Crippen LogP contribution in [0.2, 0.25) is 0 Å². The largest absolute Gasteiger partial charge is 0.480 e. The van der Waals surface area contributed by atoms with Crippen molar-refractivity contribution in [3.05, 3.63) is 0 Å². The summed E-state index contributed by atoms with van der Waals surface area (Å²) in [5.74, 6) is -1.54. The topological polar surface area (TPSA) is 104 Å². The Labute approximate surface area is 112 Å². The van der Waals surface area contributed by atoms with Crippen molar-refractivity contribution < 1.29 is 19.8 Å². The molecule has 2 rings (SSSR count). The molecule has 19 heavy (non-hydrogen) atoms. The van der Waals surface area contributed by atoms with Gasteiger partial charge < -0.3 is 20.8 Å². The molecule has 0 bridgehead atoms. The molecule has 1 saturated heterocycles. The highest BCUT2D eigenvalue weighted by Crippen LogP contribution is 2.27. The monoisotopic (exact) mass is 270 g/mol. The number of nitrogens with two attached hydrogens (primary N) is 1. The molecule has 6 heteroatoms. The molecule has 2 fully saturated rings. The average molecular weight is 270 g/mol. The lowest BCUT2D eigenvalue weighted by molar-refractivity contribution is -0.150. The van der Waals surface area contributed by atoms with Gasteiger partial charge in [0.2, 0.25) is 5.91 Å². The number of amides is 1. The van der Waals surface area contributed by atoms with E-state index in [1.807, 2.05) is 0 Å². The first-order valence-corrected chi connectivity index (χ1v) is 6.97. The summed E-state index contributed by atoms with van der Waals surface area (Å²) in [6, 6.07) is -1.10. The molecule has 0 radical (unpaired) electrons. The molecule has 2 unspecified atom stereocenters. The Morgan fingerprint density at radius 1 is 1.16 bits per heavy atom. The summed E-state index contributed by atoms with van der Waals surface area (Å²) in [4.78, 5) is 25.0. The second-order valence-electron chi connectivity index (χ2n) is 5.64. The lowest BCUT2D eigenvalue weighted by atomic mass is 9.93. The van der Waals surface area contributed by atoms with Gasteiger partial charge in [0, 0.05) is 19.0 Å². The Morgan fingerprint density at radius 2 is 1.84 bits per heavy atom. The normalized spacial score (nSPS) is 36.0. The number of nitrogens with zero attached hydrogens (tertiary/aromatic N) is 1. The number of hydrogen-bond acceptors (Lipinski definition) is 4. The first-order valence-electron chi connectivity index (χ1n) is 6.97. The van der Waals surface area contributed by atoms with E-state index in [0.717, 1.165) is 32.1 Å². The summed E-state index contributed by atoms with van der Waals surface area (Å²) in [6.07, 6.45) is 3.95. The van der Waals surface area contributed by atoms with Crippen molar-refractivity contribution in [2.24, 2.45) is 11.7 Å². The Kier molecular flexibility index (Phi) is 4.42. The first-order chi connectivity index (χ1) is 9.00. The number of carbonyl (C=O) groups is 2. The second-order valence-corrected chi connectivity index (χ2v) is 5.64. The molecule has 1 amide bonds. The standard InChI is InChI=1S/C13H22N2O4/c14-10-5-3-1-2-4-9(10)12(17)15-7-8(16)6-11(15)13(18)19/h8-11,16H,1-7,14H2,(H,18,19)/t8-,9?,10?,11-/m0/s1. The molecule has 1 heterocycles. The van der Waals surface area contributed by atoms with Gasteiger partial charge in [0.15, 0.2) is 0 Å². The van der Waals surface area contributed by atoms with E-state index in [4.69, 9.17) is 10.8 Å². The molecule has 1 aliphatic heterocycles. The van der Waals surface area contributed by atoms with Crippen molar-refractivity contribution in [1.29, 1.82) is 0 Å². The van der Waals surface area contributed by atoms with Gasteiger partial charge in [-0.25, -0.2) is 4.79 Å². The Balaban J connectivity index is 2.10. The van der Waals surface area contributed by atoms with Gasteiger partial charge in [0.25, 0.3) is 0 Å². The van der Waals surface area contributed by atoms with Crippen LogP contribution in [0.4, 0.5) is 0 Å². The SMILES string of the molecule is NC1CCCCCC1C(=O)N1C[C@@H](O)C[C@H]1C(=O)O. The van der Waals surface area contributed by atoms with E-state index in [1.165, 1.54) is 4.90 Å². The van der Waals surface area contributed by atoms with E-state index in [-0.39, 0.29) is 30.8 Å². The Hall–Kier alpha value is -1.14. The van der Waals surface area contributed by atoms with Crippen molar-refractivity contribution in [2.75, 3.05) is 6.54 Å². The third-order valence-corrected chi connectivity index (χ3v) is 4.23. The summed E-state index contributed by atoms with van der Waals surface area (Å²) in [6.45, 7) is 0.110. The number of carbonyl (C=O) groups excluding carboxylic acids is 1. The molecule has 6 nitrogen and oxygen atoms in total. The van der Waals surface area contributed by atoms with Crippen molar-refractivity contribution >= 4 is 11.9 Å². The van der Waals surface area contributed by atoms with Crippen LogP contribution in [0.5, 0.6) is 0 Å². The number of hydrogen-bond donors (Lipinski definition) is 3. The van der Waals surface area contributed by atoms with E-state index in [1.54, 1.807) is 0 Å². The maximum Gasteiger partial charge on any atom is 0.326 e. The molecular formula is C13H22N2O4. The third-order valence-electron chi connectivity index (χ3n) is 4.23. The summed E-state index contributed by atoms with van der Waals surface area (Å²) in [5.41, 5.74) is 6.05. The fraction of sp³-hybridized carbons (Fsp3) is 0.846. The zero-order chi connectivity index (χ0) is 14.0. The van der Waals surface area contributed by atoms with E-state index >= 15 is 0 Å². The van der Waals surface area contributed by atoms with E-state index in [0.29, 0.717) is 0 Å². The van der Waals surface area contributed by atoms with Crippen LogP contribution < -0.4 is 5.73 Å². The van der Waals surface area contributed by atoms with Gasteiger partial charge in [-0.05, 0) is 12.8 Å². The molecule has 4 atom stereocenters. The minimum atomic E-state index is -1.05. The predicted octanol–water partition coefficient (Wildman–Crippen LogP) is -0.0596. The van der Waals surface area contributed by atoms with Crippen molar-refractivity contribution in [2.45, 2.75) is 56.7 Å². The highest BCUT2D eigenvalue weighted by atomic mass is 16.4. The van der Waals surface area contributed by atoms with Crippen LogP contribution in [0.25, 0.3) is 0 Å². The molecule has 108 valence electrons. The van der Waals surface area contributed by atoms with Gasteiger partial charge in [-0.2, -0.15) is 0 Å². The number of rotatable bonds is 2. The summed E-state index contributed by atoms with van der Waals surface area (Å²) in [7, 11) is 0. The molecular weight excluding hydrogens is 248 g/mol. The minimum absolute atomic E-state index is 0.110. The number of aliphatic hydroxyl groups is 1. The number of aliphatic carboxylic acids is 1. The zero-order valence-electron chi connectivity index (χ0n) is 11.0. The fourth-order valence-electron chi connectivity index (χ4n) is 3.15. The van der Waals surface area contributed by atoms with E-state index in [2.05, 4.69) is 0 Å². The van der Waals surface area contributed by atoms with Gasteiger partial charge >= 0.3 is 5.97 Å². The minimum Gasteiger partial charge on any atom is -0.480 e. The first kappa shape index (κ1) is 14.3. The van der Waals surface area contributed by atoms with Crippen LogP contribution in [0.15, 0.2) is 0 Å². The van der Waals surface area contributed by atoms with Crippen LogP contribution in [0.3, 0.4) is 0 Å². The highest BCUT2D eigenvalue weighted by molar-refractivity contribution is 5.86. The number of likely N-dealkylation sites (tertiary alicyclic amines) is 1. The molecule has 1 saturated carbocycles. The number of carboxylic acids is 1. The van der Waals surface area contributed by atoms with Crippen LogP contribution in [0, 0.1) is 5.92 Å². The predicted molar refractivity (Wildman–Crippen MR) is 68.3 cm³/mol. The number of carboxylic acid groups (broad SMARTS) is 1. The average Bonchev–Trinajstić information content (AvgIpc) is 2.62. The summed E-state index contributed by atoms with van der Waals surface area (Å²) in [5, 5.41) is 18.7. The van der Waals surface area contributed by atoms with Gasteiger partial charge in [-0.15, -0.1) is 0 Å². The Bertz CT molecular complexity index is 361. The molecule has 1 aliphatic carbocycles. The van der Waals surface area contributed by atoms with Gasteiger partial charge in [-0.3, -0.25) is 4.79 Å². The molecule has 0 spiro atoms. The molecule has 0 aromatic rings. The van der Waals surface area contributed by atoms with E-state index in [9.17, 15) is 14.7 Å². The highest BCUT2D eigenvalue weighted by Gasteiger charge is 2.42. The van der Waals surface area contributed by atoms with Gasteiger partial charge in [0.05, 0.1) is 12.0 Å². The van der Waals surface area contributed by atoms with Crippen molar-refractivity contribution in [1.82, 2.24) is 4.90 Å². The fourth-order valence-corrected chi connectivity index (χ4v) is 3.15. The van der Waals surface area contributed by atoms with Crippen LogP contribution in [-0.4, -0.2) is 51.7 Å².